The van der Waals surface area contributed by atoms with Gasteiger partial charge in [-0.1, -0.05) is 11.2 Å². The van der Waals surface area contributed by atoms with E-state index in [1.54, 1.807) is 6.92 Å². The van der Waals surface area contributed by atoms with Crippen LogP contribution in [0.15, 0.2) is 16.8 Å². The smallest absolute Gasteiger partial charge is 0.0790 e. The molecule has 0 spiro atoms. The van der Waals surface area contributed by atoms with Crippen molar-refractivity contribution in [3.8, 4) is 0 Å². The zero-order valence-corrected chi connectivity index (χ0v) is 5.47. The van der Waals surface area contributed by atoms with E-state index in [4.69, 9.17) is 5.21 Å². The van der Waals surface area contributed by atoms with Gasteiger partial charge in [0.05, 0.1) is 5.71 Å². The van der Waals surface area contributed by atoms with E-state index in [1.165, 1.54) is 0 Å². The van der Waals surface area contributed by atoms with Crippen LogP contribution < -0.4 is 0 Å². The van der Waals surface area contributed by atoms with Crippen molar-refractivity contribution >= 4 is 5.71 Å². The summed E-state index contributed by atoms with van der Waals surface area (Å²) in [6.45, 7) is 5.56. The van der Waals surface area contributed by atoms with Gasteiger partial charge < -0.3 is 5.21 Å². The van der Waals surface area contributed by atoms with Crippen LogP contribution in [0.5, 0.6) is 0 Å². The highest BCUT2D eigenvalue weighted by Crippen LogP contribution is 1.93. The van der Waals surface area contributed by atoms with E-state index in [9.17, 15) is 0 Å². The van der Waals surface area contributed by atoms with Crippen molar-refractivity contribution in [2.24, 2.45) is 5.16 Å². The Bertz CT molecular complexity index is 108. The second kappa shape index (κ2) is 3.24. The molecule has 0 aromatic carbocycles. The predicted octanol–water partition coefficient (Wildman–Crippen LogP) is 1.80. The van der Waals surface area contributed by atoms with Crippen LogP contribution >= 0.6 is 0 Å². The van der Waals surface area contributed by atoms with E-state index < -0.39 is 0 Å². The van der Waals surface area contributed by atoms with Crippen molar-refractivity contribution in [3.05, 3.63) is 11.6 Å². The molecule has 0 fully saturated rings. The molecule has 0 saturated heterocycles. The molecule has 0 aliphatic heterocycles. The van der Waals surface area contributed by atoms with Crippen molar-refractivity contribution < 1.29 is 5.21 Å². The average Bonchev–Trinajstić information content (AvgIpc) is 1.84. The van der Waals surface area contributed by atoms with Crippen LogP contribution in [0, 0.1) is 0 Å². The maximum atomic E-state index is 8.18. The number of allylic oxidation sites excluding steroid dienone is 2. The molecule has 0 saturated carbocycles. The monoisotopic (exact) mass is 113 g/mol. The lowest BCUT2D eigenvalue weighted by Gasteiger charge is -1.91. The number of hydrogen-bond acceptors (Lipinski definition) is 2. The average molecular weight is 113 g/mol. The van der Waals surface area contributed by atoms with Crippen LogP contribution in [0.3, 0.4) is 0 Å². The van der Waals surface area contributed by atoms with Crippen molar-refractivity contribution in [2.75, 3.05) is 0 Å². The van der Waals surface area contributed by atoms with Gasteiger partial charge in [0.25, 0.3) is 0 Å². The number of nitrogens with zero attached hydrogens (tertiary/aromatic N) is 1. The topological polar surface area (TPSA) is 32.6 Å². The van der Waals surface area contributed by atoms with Gasteiger partial charge in [-0.05, 0) is 26.3 Å². The molecule has 0 amide bonds. The SMILES string of the molecule is CC=C(C)C(C)=NO. The molecule has 1 N–H and O–H groups in total. The molecule has 0 bridgehead atoms. The fraction of sp³-hybridized carbons (Fsp3) is 0.500. The van der Waals surface area contributed by atoms with Crippen molar-refractivity contribution in [1.29, 1.82) is 0 Å². The third kappa shape index (κ3) is 1.78. The Labute approximate surface area is 49.5 Å². The minimum atomic E-state index is 0.674. The van der Waals surface area contributed by atoms with Crippen molar-refractivity contribution in [3.63, 3.8) is 0 Å². The van der Waals surface area contributed by atoms with Crippen LogP contribution in [0.1, 0.15) is 20.8 Å². The summed E-state index contributed by atoms with van der Waals surface area (Å²) >= 11 is 0. The van der Waals surface area contributed by atoms with Gasteiger partial charge in [-0.3, -0.25) is 0 Å². The van der Waals surface area contributed by atoms with Gasteiger partial charge in [0.2, 0.25) is 0 Å². The van der Waals surface area contributed by atoms with Gasteiger partial charge in [-0.2, -0.15) is 0 Å². The molecular weight excluding hydrogens is 102 g/mol. The zero-order valence-electron chi connectivity index (χ0n) is 5.47. The molecule has 0 unspecified atom stereocenters. The molecule has 0 aromatic heterocycles. The van der Waals surface area contributed by atoms with Gasteiger partial charge in [0.1, 0.15) is 0 Å². The first-order chi connectivity index (χ1) is 3.72. The van der Waals surface area contributed by atoms with Crippen LogP contribution in [-0.4, -0.2) is 10.9 Å². The van der Waals surface area contributed by atoms with E-state index in [0.29, 0.717) is 5.71 Å². The normalized spacial score (nSPS) is 14.4. The first-order valence-electron chi connectivity index (χ1n) is 2.54. The quantitative estimate of drug-likeness (QED) is 0.314. The fourth-order valence-electron chi connectivity index (χ4n) is 0.288. The third-order valence-electron chi connectivity index (χ3n) is 1.15. The summed E-state index contributed by atoms with van der Waals surface area (Å²) in [5, 5.41) is 11.2. The molecule has 0 rings (SSSR count). The molecule has 0 atom stereocenters. The lowest BCUT2D eigenvalue weighted by atomic mass is 10.2. The second-order valence-corrected chi connectivity index (χ2v) is 1.66. The number of hydrogen-bond donors (Lipinski definition) is 1. The van der Waals surface area contributed by atoms with Crippen LogP contribution in [0.4, 0.5) is 0 Å². The minimum absolute atomic E-state index is 0.674. The van der Waals surface area contributed by atoms with Crippen LogP contribution in [-0.2, 0) is 0 Å². The van der Waals surface area contributed by atoms with E-state index in [-0.39, 0.29) is 0 Å². The molecule has 46 valence electrons. The van der Waals surface area contributed by atoms with E-state index >= 15 is 0 Å². The second-order valence-electron chi connectivity index (χ2n) is 1.66. The van der Waals surface area contributed by atoms with E-state index in [2.05, 4.69) is 5.16 Å². The first kappa shape index (κ1) is 7.21. The molecule has 0 aliphatic carbocycles. The molecule has 0 aromatic rings. The van der Waals surface area contributed by atoms with Gasteiger partial charge in [-0.15, -0.1) is 0 Å². The first-order valence-corrected chi connectivity index (χ1v) is 2.54. The summed E-state index contributed by atoms with van der Waals surface area (Å²) in [6.07, 6.45) is 1.90. The Balaban J connectivity index is 4.04. The molecule has 2 nitrogen and oxygen atoms in total. The highest BCUT2D eigenvalue weighted by atomic mass is 16.4. The Morgan fingerprint density at radius 2 is 2.00 bits per heavy atom. The maximum Gasteiger partial charge on any atom is 0.0790 e. The summed E-state index contributed by atoms with van der Waals surface area (Å²) in [5.74, 6) is 0. The summed E-state index contributed by atoms with van der Waals surface area (Å²) in [7, 11) is 0. The minimum Gasteiger partial charge on any atom is -0.411 e. The van der Waals surface area contributed by atoms with Crippen LogP contribution in [0.2, 0.25) is 0 Å². The van der Waals surface area contributed by atoms with Gasteiger partial charge in [-0.25, -0.2) is 0 Å². The predicted molar refractivity (Wildman–Crippen MR) is 34.3 cm³/mol. The lowest BCUT2D eigenvalue weighted by molar-refractivity contribution is 0.319. The molecule has 0 radical (unpaired) electrons. The van der Waals surface area contributed by atoms with Gasteiger partial charge in [0, 0.05) is 0 Å². The maximum absolute atomic E-state index is 8.18. The van der Waals surface area contributed by atoms with Crippen molar-refractivity contribution in [1.82, 2.24) is 0 Å². The number of oxime groups is 1. The van der Waals surface area contributed by atoms with E-state index in [0.717, 1.165) is 5.57 Å². The summed E-state index contributed by atoms with van der Waals surface area (Å²) in [6, 6.07) is 0. The molecular formula is C6H11NO. The molecule has 0 aliphatic rings. The fourth-order valence-corrected chi connectivity index (χ4v) is 0.288. The molecule has 8 heavy (non-hydrogen) atoms. The molecule has 2 heteroatoms. The third-order valence-corrected chi connectivity index (χ3v) is 1.15. The highest BCUT2D eigenvalue weighted by Gasteiger charge is 1.89. The van der Waals surface area contributed by atoms with Crippen molar-refractivity contribution in [2.45, 2.75) is 20.8 Å². The van der Waals surface area contributed by atoms with Gasteiger partial charge >= 0.3 is 0 Å². The highest BCUT2D eigenvalue weighted by molar-refractivity contribution is 5.97. The summed E-state index contributed by atoms with van der Waals surface area (Å²) in [5.41, 5.74) is 1.68. The standard InChI is InChI=1S/C6H11NO/c1-4-5(2)6(3)7-8/h4,8H,1-3H3. The van der Waals surface area contributed by atoms with Gasteiger partial charge in [0.15, 0.2) is 0 Å². The number of rotatable bonds is 1. The van der Waals surface area contributed by atoms with E-state index in [1.807, 2.05) is 19.9 Å². The summed E-state index contributed by atoms with van der Waals surface area (Å²) < 4.78 is 0. The Hall–Kier alpha value is -0.790. The molecule has 0 heterocycles. The van der Waals surface area contributed by atoms with Crippen LogP contribution in [0.25, 0.3) is 0 Å². The zero-order chi connectivity index (χ0) is 6.57. The summed E-state index contributed by atoms with van der Waals surface area (Å²) in [4.78, 5) is 0. The Morgan fingerprint density at radius 1 is 1.50 bits per heavy atom. The lowest BCUT2D eigenvalue weighted by Crippen LogP contribution is -1.90. The largest absolute Gasteiger partial charge is 0.411 e. The Morgan fingerprint density at radius 3 is 2.12 bits per heavy atom. The Kier molecular flexibility index (Phi) is 2.92.